The molecule has 174 valence electrons. The highest BCUT2D eigenvalue weighted by Gasteiger charge is 2.54. The third-order valence-corrected chi connectivity index (χ3v) is 6.48. The van der Waals surface area contributed by atoms with Crippen molar-refractivity contribution in [3.8, 4) is 23.0 Å². The SMILES string of the molecule is COc1cc2c(cc1OC)N(C(C)=O)C(C)(OC(C)=O)N1c3cc4c(cc3CCC21)OCO4. The Kier molecular flexibility index (Phi) is 4.81. The highest BCUT2D eigenvalue weighted by atomic mass is 16.7. The molecular weight excluding hydrogens is 428 g/mol. The molecule has 5 rings (SSSR count). The van der Waals surface area contributed by atoms with Crippen LogP contribution in [0.3, 0.4) is 0 Å². The number of carbonyl (C=O) groups is 2. The quantitative estimate of drug-likeness (QED) is 0.651. The number of ether oxygens (including phenoxy) is 5. The van der Waals surface area contributed by atoms with Crippen molar-refractivity contribution in [1.29, 1.82) is 0 Å². The Labute approximate surface area is 191 Å². The van der Waals surface area contributed by atoms with Crippen molar-refractivity contribution in [2.75, 3.05) is 30.8 Å². The van der Waals surface area contributed by atoms with Crippen LogP contribution >= 0.6 is 0 Å². The summed E-state index contributed by atoms with van der Waals surface area (Å²) in [6.07, 6.45) is 1.51. The minimum atomic E-state index is -1.42. The van der Waals surface area contributed by atoms with Crippen LogP contribution in [0.4, 0.5) is 11.4 Å². The number of methoxy groups -OCH3 is 2. The maximum atomic E-state index is 13.1. The Morgan fingerprint density at radius 1 is 1.00 bits per heavy atom. The number of anilines is 2. The predicted molar refractivity (Wildman–Crippen MR) is 119 cm³/mol. The van der Waals surface area contributed by atoms with Crippen LogP contribution in [0.1, 0.15) is 44.4 Å². The zero-order chi connectivity index (χ0) is 23.5. The molecule has 0 bridgehead atoms. The lowest BCUT2D eigenvalue weighted by Crippen LogP contribution is -2.67. The van der Waals surface area contributed by atoms with Crippen molar-refractivity contribution in [1.82, 2.24) is 0 Å². The Morgan fingerprint density at radius 3 is 2.30 bits per heavy atom. The van der Waals surface area contributed by atoms with Gasteiger partial charge < -0.3 is 28.6 Å². The number of carbonyl (C=O) groups excluding carboxylic acids is 2. The molecule has 33 heavy (non-hydrogen) atoms. The summed E-state index contributed by atoms with van der Waals surface area (Å²) in [5, 5.41) is 0. The van der Waals surface area contributed by atoms with Crippen molar-refractivity contribution in [2.24, 2.45) is 0 Å². The Balaban J connectivity index is 1.79. The summed E-state index contributed by atoms with van der Waals surface area (Å²) in [5.41, 5.74) is 3.36. The van der Waals surface area contributed by atoms with Crippen LogP contribution in [-0.4, -0.2) is 38.7 Å². The number of fused-ring (bicyclic) bond motifs is 6. The number of nitrogens with zero attached hydrogens (tertiary/aromatic N) is 2. The van der Waals surface area contributed by atoms with E-state index in [4.69, 9.17) is 23.7 Å². The largest absolute Gasteiger partial charge is 0.493 e. The summed E-state index contributed by atoms with van der Waals surface area (Å²) >= 11 is 0. The van der Waals surface area contributed by atoms with Gasteiger partial charge in [-0.1, -0.05) is 0 Å². The van der Waals surface area contributed by atoms with Gasteiger partial charge in [-0.25, -0.2) is 0 Å². The molecule has 3 heterocycles. The number of esters is 1. The third kappa shape index (κ3) is 3.06. The first-order valence-corrected chi connectivity index (χ1v) is 10.8. The minimum Gasteiger partial charge on any atom is -0.493 e. The normalized spacial score (nSPS) is 22.2. The average Bonchev–Trinajstić information content (AvgIpc) is 3.22. The molecule has 0 spiro atoms. The van der Waals surface area contributed by atoms with Gasteiger partial charge in [0.25, 0.3) is 5.85 Å². The lowest BCUT2D eigenvalue weighted by atomic mass is 9.86. The van der Waals surface area contributed by atoms with Crippen molar-refractivity contribution >= 4 is 23.3 Å². The predicted octanol–water partition coefficient (Wildman–Crippen LogP) is 3.53. The Bertz CT molecular complexity index is 1160. The first-order valence-electron chi connectivity index (χ1n) is 10.8. The van der Waals surface area contributed by atoms with Gasteiger partial charge in [-0.2, -0.15) is 0 Å². The van der Waals surface area contributed by atoms with Gasteiger partial charge >= 0.3 is 5.97 Å². The molecular formula is C24H26N2O7. The highest BCUT2D eigenvalue weighted by Crippen LogP contribution is 2.55. The zero-order valence-corrected chi connectivity index (χ0v) is 19.3. The van der Waals surface area contributed by atoms with Crippen LogP contribution in [0.15, 0.2) is 24.3 Å². The second-order valence-corrected chi connectivity index (χ2v) is 8.41. The number of aryl methyl sites for hydroxylation is 1. The molecule has 0 fully saturated rings. The summed E-state index contributed by atoms with van der Waals surface area (Å²) in [6, 6.07) is 7.34. The molecule has 1 amide bonds. The van der Waals surface area contributed by atoms with E-state index >= 15 is 0 Å². The summed E-state index contributed by atoms with van der Waals surface area (Å²) in [4.78, 5) is 28.9. The van der Waals surface area contributed by atoms with E-state index in [2.05, 4.69) is 0 Å². The summed E-state index contributed by atoms with van der Waals surface area (Å²) in [5.74, 6) is 0.157. The van der Waals surface area contributed by atoms with E-state index < -0.39 is 11.8 Å². The van der Waals surface area contributed by atoms with Crippen LogP contribution in [-0.2, 0) is 20.7 Å². The number of amides is 1. The van der Waals surface area contributed by atoms with Crippen LogP contribution < -0.4 is 28.7 Å². The molecule has 2 aromatic rings. The van der Waals surface area contributed by atoms with Gasteiger partial charge in [-0.05, 0) is 30.5 Å². The number of rotatable bonds is 3. The molecule has 0 saturated carbocycles. The van der Waals surface area contributed by atoms with Crippen LogP contribution in [0.2, 0.25) is 0 Å². The van der Waals surface area contributed by atoms with Gasteiger partial charge in [0.2, 0.25) is 12.7 Å². The van der Waals surface area contributed by atoms with Gasteiger partial charge in [-0.15, -0.1) is 0 Å². The molecule has 0 radical (unpaired) electrons. The van der Waals surface area contributed by atoms with Gasteiger partial charge in [0.15, 0.2) is 23.0 Å². The molecule has 0 aromatic heterocycles. The van der Waals surface area contributed by atoms with Gasteiger partial charge in [0.05, 0.1) is 25.9 Å². The van der Waals surface area contributed by atoms with Gasteiger partial charge in [0, 0.05) is 44.2 Å². The average molecular weight is 454 g/mol. The maximum absolute atomic E-state index is 13.1. The van der Waals surface area contributed by atoms with Crippen molar-refractivity contribution in [3.05, 3.63) is 35.4 Å². The van der Waals surface area contributed by atoms with Crippen LogP contribution in [0.5, 0.6) is 23.0 Å². The molecule has 0 N–H and O–H groups in total. The van der Waals surface area contributed by atoms with E-state index in [0.717, 1.165) is 29.7 Å². The minimum absolute atomic E-state index is 0.155. The summed E-state index contributed by atoms with van der Waals surface area (Å²) in [7, 11) is 3.12. The monoisotopic (exact) mass is 454 g/mol. The maximum Gasteiger partial charge on any atom is 0.306 e. The second kappa shape index (κ2) is 7.47. The topological polar surface area (TPSA) is 86.8 Å². The van der Waals surface area contributed by atoms with Crippen molar-refractivity contribution < 1.29 is 33.3 Å². The first-order chi connectivity index (χ1) is 15.8. The van der Waals surface area contributed by atoms with E-state index in [1.54, 1.807) is 27.2 Å². The molecule has 2 aromatic carbocycles. The fraction of sp³-hybridized carbons (Fsp3) is 0.417. The van der Waals surface area contributed by atoms with E-state index in [1.165, 1.54) is 18.7 Å². The van der Waals surface area contributed by atoms with Gasteiger partial charge in [-0.3, -0.25) is 14.5 Å². The summed E-state index contributed by atoms with van der Waals surface area (Å²) < 4.78 is 28.2. The molecule has 3 aliphatic heterocycles. The molecule has 9 nitrogen and oxygen atoms in total. The summed E-state index contributed by atoms with van der Waals surface area (Å²) in [6.45, 7) is 4.69. The van der Waals surface area contributed by atoms with E-state index in [-0.39, 0.29) is 18.7 Å². The van der Waals surface area contributed by atoms with E-state index in [1.807, 2.05) is 23.1 Å². The van der Waals surface area contributed by atoms with E-state index in [9.17, 15) is 9.59 Å². The standard InChI is InChI=1S/C24H26N2O7/c1-13(27)25-19-11-21(30-5)20(29-4)9-16(19)17-7-6-15-8-22-23(32-12-31-22)10-18(15)26(17)24(25,3)33-14(2)28/h8-11,17H,6-7,12H2,1-5H3. The molecule has 0 aliphatic carbocycles. The Hall–Kier alpha value is -3.62. The lowest BCUT2D eigenvalue weighted by Gasteiger charge is -2.56. The number of benzene rings is 2. The van der Waals surface area contributed by atoms with Gasteiger partial charge in [0.1, 0.15) is 0 Å². The van der Waals surface area contributed by atoms with Crippen molar-refractivity contribution in [3.63, 3.8) is 0 Å². The first kappa shape index (κ1) is 21.2. The highest BCUT2D eigenvalue weighted by molar-refractivity contribution is 5.97. The molecule has 2 atom stereocenters. The fourth-order valence-corrected chi connectivity index (χ4v) is 5.30. The lowest BCUT2D eigenvalue weighted by molar-refractivity contribution is -0.158. The Morgan fingerprint density at radius 2 is 1.67 bits per heavy atom. The van der Waals surface area contributed by atoms with Crippen molar-refractivity contribution in [2.45, 2.75) is 45.5 Å². The van der Waals surface area contributed by atoms with Crippen LogP contribution in [0.25, 0.3) is 0 Å². The van der Waals surface area contributed by atoms with E-state index in [0.29, 0.717) is 28.7 Å². The number of hydrogen-bond acceptors (Lipinski definition) is 8. The fourth-order valence-electron chi connectivity index (χ4n) is 5.30. The number of hydrogen-bond donors (Lipinski definition) is 0. The second-order valence-electron chi connectivity index (χ2n) is 8.41. The van der Waals surface area contributed by atoms with Crippen LogP contribution in [0, 0.1) is 0 Å². The third-order valence-electron chi connectivity index (χ3n) is 6.48. The molecule has 0 saturated heterocycles. The molecule has 9 heteroatoms. The zero-order valence-electron chi connectivity index (χ0n) is 19.3. The smallest absolute Gasteiger partial charge is 0.306 e. The molecule has 2 unspecified atom stereocenters. The molecule has 3 aliphatic rings.